The van der Waals surface area contributed by atoms with Crippen molar-refractivity contribution in [2.75, 3.05) is 19.9 Å². The second-order valence-electron chi connectivity index (χ2n) is 6.36. The summed E-state index contributed by atoms with van der Waals surface area (Å²) in [5, 5.41) is 1.99. The van der Waals surface area contributed by atoms with Gasteiger partial charge in [0.2, 0.25) is 0 Å². The first-order valence-electron chi connectivity index (χ1n) is 7.03. The highest BCUT2D eigenvalue weighted by Gasteiger charge is 2.52. The predicted octanol–water partition coefficient (Wildman–Crippen LogP) is 2.35. The monoisotopic (exact) mass is 312 g/mol. The maximum absolute atomic E-state index is 12.2. The highest BCUT2D eigenvalue weighted by Crippen LogP contribution is 2.42. The Morgan fingerprint density at radius 1 is 1.57 bits per heavy atom. The van der Waals surface area contributed by atoms with Crippen molar-refractivity contribution in [1.29, 1.82) is 0 Å². The summed E-state index contributed by atoms with van der Waals surface area (Å²) in [5.41, 5.74) is 1.69. The predicted molar refractivity (Wildman–Crippen MR) is 77.0 cm³/mol. The van der Waals surface area contributed by atoms with Gasteiger partial charge in [-0.05, 0) is 20.8 Å². The highest BCUT2D eigenvalue weighted by molar-refractivity contribution is 7.07. The average Bonchev–Trinajstić information content (AvgIpc) is 3.05. The Bertz CT molecular complexity index is 514. The number of carbonyl (C=O) groups is 1. The molecule has 2 atom stereocenters. The molecule has 0 radical (unpaired) electrons. The van der Waals surface area contributed by atoms with Gasteiger partial charge < -0.3 is 19.1 Å². The van der Waals surface area contributed by atoms with Gasteiger partial charge in [-0.15, -0.1) is 11.3 Å². The van der Waals surface area contributed by atoms with Crippen molar-refractivity contribution in [3.63, 3.8) is 0 Å². The SMILES string of the molecule is CC(C)(C)OC(=O)N1CC[C@]2(c3cscn3)OCO[C@@H]2C1. The second-order valence-corrected chi connectivity index (χ2v) is 7.08. The molecule has 2 saturated heterocycles. The van der Waals surface area contributed by atoms with Crippen molar-refractivity contribution in [1.82, 2.24) is 9.88 Å². The van der Waals surface area contributed by atoms with Gasteiger partial charge in [-0.2, -0.15) is 0 Å². The lowest BCUT2D eigenvalue weighted by Crippen LogP contribution is -2.54. The number of aromatic nitrogens is 1. The standard InChI is InChI=1S/C14H20N2O4S/c1-13(2,3)20-12(17)16-5-4-14(10-7-21-8-15-10)11(6-16)18-9-19-14/h7-8,11H,4-6,9H2,1-3H3/t11-,14-/m1/s1. The quantitative estimate of drug-likeness (QED) is 0.796. The van der Waals surface area contributed by atoms with Gasteiger partial charge in [-0.1, -0.05) is 0 Å². The van der Waals surface area contributed by atoms with Crippen LogP contribution in [0.5, 0.6) is 0 Å². The van der Waals surface area contributed by atoms with Crippen LogP contribution in [0.2, 0.25) is 0 Å². The fourth-order valence-corrected chi connectivity index (χ4v) is 3.38. The van der Waals surface area contributed by atoms with Crippen LogP contribution in [-0.2, 0) is 19.8 Å². The number of carbonyl (C=O) groups excluding carboxylic acids is 1. The third kappa shape index (κ3) is 2.77. The van der Waals surface area contributed by atoms with E-state index in [1.807, 2.05) is 26.2 Å². The normalized spacial score (nSPS) is 29.3. The van der Waals surface area contributed by atoms with E-state index in [-0.39, 0.29) is 19.0 Å². The van der Waals surface area contributed by atoms with Crippen LogP contribution in [0.4, 0.5) is 4.79 Å². The Morgan fingerprint density at radius 3 is 3.05 bits per heavy atom. The zero-order valence-electron chi connectivity index (χ0n) is 12.5. The van der Waals surface area contributed by atoms with Crippen molar-refractivity contribution in [2.24, 2.45) is 0 Å². The van der Waals surface area contributed by atoms with Crippen LogP contribution in [0.3, 0.4) is 0 Å². The van der Waals surface area contributed by atoms with Gasteiger partial charge in [-0.25, -0.2) is 9.78 Å². The topological polar surface area (TPSA) is 60.9 Å². The molecule has 0 N–H and O–H groups in total. The molecule has 1 aromatic rings. The zero-order chi connectivity index (χ0) is 15.1. The first kappa shape index (κ1) is 14.7. The lowest BCUT2D eigenvalue weighted by molar-refractivity contribution is -0.0560. The van der Waals surface area contributed by atoms with Crippen LogP contribution in [0.15, 0.2) is 10.9 Å². The third-order valence-electron chi connectivity index (χ3n) is 3.76. The summed E-state index contributed by atoms with van der Waals surface area (Å²) in [4.78, 5) is 18.3. The first-order valence-corrected chi connectivity index (χ1v) is 7.97. The molecule has 1 aromatic heterocycles. The van der Waals surface area contributed by atoms with Gasteiger partial charge in [0.25, 0.3) is 0 Å². The molecule has 6 nitrogen and oxygen atoms in total. The number of fused-ring (bicyclic) bond motifs is 1. The number of amides is 1. The molecule has 0 bridgehead atoms. The van der Waals surface area contributed by atoms with E-state index in [4.69, 9.17) is 14.2 Å². The van der Waals surface area contributed by atoms with Crippen molar-refractivity contribution >= 4 is 17.4 Å². The first-order chi connectivity index (χ1) is 9.91. The Morgan fingerprint density at radius 2 is 2.38 bits per heavy atom. The molecule has 2 aliphatic rings. The van der Waals surface area contributed by atoms with Crippen molar-refractivity contribution in [2.45, 2.75) is 44.5 Å². The molecular weight excluding hydrogens is 292 g/mol. The summed E-state index contributed by atoms with van der Waals surface area (Å²) in [5.74, 6) is 0. The zero-order valence-corrected chi connectivity index (χ0v) is 13.3. The third-order valence-corrected chi connectivity index (χ3v) is 4.35. The van der Waals surface area contributed by atoms with Crippen molar-refractivity contribution in [3.05, 3.63) is 16.6 Å². The lowest BCUT2D eigenvalue weighted by Gasteiger charge is -2.40. The van der Waals surface area contributed by atoms with Gasteiger partial charge in [0.05, 0.1) is 17.7 Å². The lowest BCUT2D eigenvalue weighted by atomic mass is 9.86. The smallest absolute Gasteiger partial charge is 0.410 e. The van der Waals surface area contributed by atoms with Gasteiger partial charge in [0, 0.05) is 18.3 Å². The molecule has 2 aliphatic heterocycles. The maximum atomic E-state index is 12.2. The number of hydrogen-bond donors (Lipinski definition) is 0. The Kier molecular flexibility index (Phi) is 3.67. The van der Waals surface area contributed by atoms with E-state index < -0.39 is 11.2 Å². The minimum absolute atomic E-state index is 0.194. The van der Waals surface area contributed by atoms with E-state index in [2.05, 4.69) is 4.98 Å². The van der Waals surface area contributed by atoms with Gasteiger partial charge in [-0.3, -0.25) is 0 Å². The van der Waals surface area contributed by atoms with E-state index in [0.29, 0.717) is 19.5 Å². The average molecular weight is 312 g/mol. The molecule has 21 heavy (non-hydrogen) atoms. The molecule has 0 spiro atoms. The molecule has 0 unspecified atom stereocenters. The van der Waals surface area contributed by atoms with E-state index >= 15 is 0 Å². The summed E-state index contributed by atoms with van der Waals surface area (Å²) in [6.45, 7) is 6.87. The van der Waals surface area contributed by atoms with Crippen LogP contribution in [0.25, 0.3) is 0 Å². The minimum atomic E-state index is -0.515. The fourth-order valence-electron chi connectivity index (χ4n) is 2.76. The molecule has 0 aromatic carbocycles. The Balaban J connectivity index is 1.73. The van der Waals surface area contributed by atoms with Gasteiger partial charge in [0.1, 0.15) is 24.1 Å². The minimum Gasteiger partial charge on any atom is -0.444 e. The molecule has 1 amide bonds. The Hall–Kier alpha value is -1.18. The second kappa shape index (κ2) is 5.23. The highest BCUT2D eigenvalue weighted by atomic mass is 32.1. The number of likely N-dealkylation sites (tertiary alicyclic amines) is 1. The van der Waals surface area contributed by atoms with Gasteiger partial charge in [0.15, 0.2) is 0 Å². The van der Waals surface area contributed by atoms with Crippen LogP contribution in [0, 0.1) is 0 Å². The molecule has 0 saturated carbocycles. The summed E-state index contributed by atoms with van der Waals surface area (Å²) >= 11 is 1.54. The summed E-state index contributed by atoms with van der Waals surface area (Å²) in [6.07, 6.45) is 0.173. The molecule has 2 fully saturated rings. The molecular formula is C14H20N2O4S. The molecule has 3 rings (SSSR count). The van der Waals surface area contributed by atoms with E-state index in [9.17, 15) is 4.79 Å². The summed E-state index contributed by atoms with van der Waals surface area (Å²) in [6, 6.07) is 0. The molecule has 116 valence electrons. The van der Waals surface area contributed by atoms with E-state index in [1.54, 1.807) is 21.7 Å². The van der Waals surface area contributed by atoms with Crippen LogP contribution >= 0.6 is 11.3 Å². The number of rotatable bonds is 1. The fraction of sp³-hybridized carbons (Fsp3) is 0.714. The van der Waals surface area contributed by atoms with Crippen molar-refractivity contribution < 1.29 is 19.0 Å². The molecule has 3 heterocycles. The molecule has 7 heteroatoms. The van der Waals surface area contributed by atoms with Gasteiger partial charge >= 0.3 is 6.09 Å². The van der Waals surface area contributed by atoms with E-state index in [0.717, 1.165) is 5.69 Å². The summed E-state index contributed by atoms with van der Waals surface area (Å²) < 4.78 is 17.0. The van der Waals surface area contributed by atoms with Crippen molar-refractivity contribution in [3.8, 4) is 0 Å². The van der Waals surface area contributed by atoms with Crippen LogP contribution in [0.1, 0.15) is 32.9 Å². The number of ether oxygens (including phenoxy) is 3. The Labute approximate surface area is 128 Å². The number of nitrogens with zero attached hydrogens (tertiary/aromatic N) is 2. The molecule has 0 aliphatic carbocycles. The van der Waals surface area contributed by atoms with Crippen LogP contribution in [-0.4, -0.2) is 47.6 Å². The number of thiazole rings is 1. The summed E-state index contributed by atoms with van der Waals surface area (Å²) in [7, 11) is 0. The van der Waals surface area contributed by atoms with E-state index in [1.165, 1.54) is 0 Å². The van der Waals surface area contributed by atoms with Crippen LogP contribution < -0.4 is 0 Å². The largest absolute Gasteiger partial charge is 0.444 e. The number of hydrogen-bond acceptors (Lipinski definition) is 6. The maximum Gasteiger partial charge on any atom is 0.410 e. The number of piperidine rings is 1.